The van der Waals surface area contributed by atoms with Crippen LogP contribution in [0.2, 0.25) is 0 Å². The van der Waals surface area contributed by atoms with E-state index in [2.05, 4.69) is 118 Å². The zero-order valence-corrected chi connectivity index (χ0v) is 20.6. The van der Waals surface area contributed by atoms with Crippen molar-refractivity contribution < 1.29 is 0 Å². The Morgan fingerprint density at radius 3 is 1.76 bits per heavy atom. The van der Waals surface area contributed by atoms with Crippen molar-refractivity contribution in [3.05, 3.63) is 146 Å². The molecule has 0 N–H and O–H groups in total. The van der Waals surface area contributed by atoms with Crippen LogP contribution in [-0.4, -0.2) is 19.1 Å². The van der Waals surface area contributed by atoms with Crippen LogP contribution in [0.3, 0.4) is 0 Å². The highest BCUT2D eigenvalue weighted by Gasteiger charge is 2.19. The van der Waals surface area contributed by atoms with E-state index in [0.29, 0.717) is 0 Å². The van der Waals surface area contributed by atoms with Crippen LogP contribution in [0.25, 0.3) is 56.2 Å². The smallest absolute Gasteiger partial charge is 0.145 e. The normalized spacial score (nSPS) is 11.2. The molecule has 0 radical (unpaired) electrons. The van der Waals surface area contributed by atoms with Gasteiger partial charge in [0.2, 0.25) is 0 Å². The number of nitrogens with zero attached hydrogens (tertiary/aromatic N) is 4. The minimum absolute atomic E-state index is 0.916. The first-order valence-corrected chi connectivity index (χ1v) is 12.7. The summed E-state index contributed by atoms with van der Waals surface area (Å²) in [5, 5.41) is 2.31. The van der Waals surface area contributed by atoms with Crippen molar-refractivity contribution in [2.24, 2.45) is 0 Å². The van der Waals surface area contributed by atoms with Crippen molar-refractivity contribution in [3.63, 3.8) is 0 Å². The molecule has 0 aliphatic heterocycles. The van der Waals surface area contributed by atoms with Crippen molar-refractivity contribution in [2.75, 3.05) is 0 Å². The topological polar surface area (TPSA) is 35.6 Å². The fourth-order valence-electron chi connectivity index (χ4n) is 5.19. The molecule has 5 aromatic carbocycles. The molecular formula is C34H24N4. The molecule has 0 atom stereocenters. The highest BCUT2D eigenvalue weighted by atomic mass is 15.1. The van der Waals surface area contributed by atoms with Gasteiger partial charge in [-0.05, 0) is 41.1 Å². The van der Waals surface area contributed by atoms with Crippen LogP contribution in [0.15, 0.2) is 146 Å². The summed E-state index contributed by atoms with van der Waals surface area (Å²) >= 11 is 0. The van der Waals surface area contributed by atoms with Gasteiger partial charge in [-0.2, -0.15) is 0 Å². The molecule has 0 saturated heterocycles. The number of fused-ring (bicyclic) bond motifs is 1. The Labute approximate surface area is 221 Å². The van der Waals surface area contributed by atoms with Gasteiger partial charge in [-0.1, -0.05) is 97.1 Å². The predicted molar refractivity (Wildman–Crippen MR) is 154 cm³/mol. The Morgan fingerprint density at radius 2 is 1.05 bits per heavy atom. The molecule has 2 heterocycles. The third kappa shape index (κ3) is 3.71. The van der Waals surface area contributed by atoms with E-state index in [1.54, 1.807) is 0 Å². The Kier molecular flexibility index (Phi) is 5.41. The summed E-state index contributed by atoms with van der Waals surface area (Å²) in [4.78, 5) is 9.69. The van der Waals surface area contributed by atoms with Gasteiger partial charge < -0.3 is 0 Å². The zero-order chi connectivity index (χ0) is 25.3. The fourth-order valence-corrected chi connectivity index (χ4v) is 5.19. The summed E-state index contributed by atoms with van der Waals surface area (Å²) in [6.07, 6.45) is 5.87. The molecule has 0 fully saturated rings. The molecule has 4 nitrogen and oxygen atoms in total. The minimum atomic E-state index is 0.916. The maximum absolute atomic E-state index is 4.92. The second-order valence-electron chi connectivity index (χ2n) is 9.17. The molecule has 38 heavy (non-hydrogen) atoms. The van der Waals surface area contributed by atoms with E-state index in [-0.39, 0.29) is 0 Å². The Balaban J connectivity index is 1.46. The van der Waals surface area contributed by atoms with Crippen LogP contribution >= 0.6 is 0 Å². The van der Waals surface area contributed by atoms with Gasteiger partial charge in [0, 0.05) is 40.5 Å². The number of aromatic nitrogens is 4. The van der Waals surface area contributed by atoms with Crippen molar-refractivity contribution in [2.45, 2.75) is 0 Å². The summed E-state index contributed by atoms with van der Waals surface area (Å²) in [5.74, 6) is 1.83. The van der Waals surface area contributed by atoms with E-state index in [1.807, 2.05) is 36.8 Å². The average molecular weight is 489 g/mol. The van der Waals surface area contributed by atoms with Crippen molar-refractivity contribution in [1.29, 1.82) is 0 Å². The lowest BCUT2D eigenvalue weighted by Crippen LogP contribution is -2.01. The van der Waals surface area contributed by atoms with Gasteiger partial charge in [0.05, 0.1) is 11.9 Å². The minimum Gasteiger partial charge on any atom is -0.300 e. The predicted octanol–water partition coefficient (Wildman–Crippen LogP) is 8.21. The third-order valence-corrected chi connectivity index (χ3v) is 6.92. The zero-order valence-electron chi connectivity index (χ0n) is 20.6. The summed E-state index contributed by atoms with van der Waals surface area (Å²) < 4.78 is 4.39. The van der Waals surface area contributed by atoms with Crippen LogP contribution in [0, 0.1) is 0 Å². The number of hydrogen-bond acceptors (Lipinski definition) is 2. The van der Waals surface area contributed by atoms with E-state index >= 15 is 0 Å². The molecule has 0 unspecified atom stereocenters. The van der Waals surface area contributed by atoms with Crippen LogP contribution in [0.4, 0.5) is 0 Å². The molecule has 0 aliphatic rings. The molecule has 7 aromatic rings. The third-order valence-electron chi connectivity index (χ3n) is 6.92. The first-order valence-electron chi connectivity index (χ1n) is 12.7. The maximum Gasteiger partial charge on any atom is 0.145 e. The van der Waals surface area contributed by atoms with E-state index < -0.39 is 0 Å². The Bertz CT molecular complexity index is 1850. The number of para-hydroxylation sites is 2. The maximum atomic E-state index is 4.92. The molecule has 0 aliphatic carbocycles. The highest BCUT2D eigenvalue weighted by Crippen LogP contribution is 2.38. The Hall–Kier alpha value is -5.22. The summed E-state index contributed by atoms with van der Waals surface area (Å²) in [7, 11) is 0. The van der Waals surface area contributed by atoms with Crippen LogP contribution < -0.4 is 0 Å². The molecule has 180 valence electrons. The molecule has 0 spiro atoms. The van der Waals surface area contributed by atoms with E-state index in [4.69, 9.17) is 9.97 Å². The monoisotopic (exact) mass is 488 g/mol. The van der Waals surface area contributed by atoms with Gasteiger partial charge in [-0.15, -0.1) is 0 Å². The Morgan fingerprint density at radius 1 is 0.474 bits per heavy atom. The van der Waals surface area contributed by atoms with Crippen molar-refractivity contribution >= 4 is 10.8 Å². The van der Waals surface area contributed by atoms with Crippen molar-refractivity contribution in [3.8, 4) is 45.4 Å². The summed E-state index contributed by atoms with van der Waals surface area (Å²) in [6, 6.07) is 44.1. The lowest BCUT2D eigenvalue weighted by molar-refractivity contribution is 1.07. The second kappa shape index (κ2) is 9.34. The standard InChI is InChI=1S/C34H24N4/c1-4-12-25(13-5-1)33-36-24-32(38(33)27-16-8-3-9-17-27)30-20-21-31(29-19-11-10-18-28(29)30)34-35-22-23-37(34)26-14-6-2-7-15-26/h1-24H. The molecule has 7 rings (SSSR count). The van der Waals surface area contributed by atoms with Crippen molar-refractivity contribution in [1.82, 2.24) is 19.1 Å². The molecule has 0 amide bonds. The fraction of sp³-hybridized carbons (Fsp3) is 0. The summed E-state index contributed by atoms with van der Waals surface area (Å²) in [5.41, 5.74) is 6.50. The van der Waals surface area contributed by atoms with E-state index in [0.717, 1.165) is 56.2 Å². The number of imidazole rings is 2. The number of benzene rings is 5. The lowest BCUT2D eigenvalue weighted by atomic mass is 9.97. The van der Waals surface area contributed by atoms with E-state index in [1.165, 1.54) is 0 Å². The first-order chi connectivity index (χ1) is 18.9. The molecule has 4 heteroatoms. The van der Waals surface area contributed by atoms with Gasteiger partial charge in [-0.3, -0.25) is 9.13 Å². The van der Waals surface area contributed by atoms with Gasteiger partial charge in [0.1, 0.15) is 11.6 Å². The van der Waals surface area contributed by atoms with Gasteiger partial charge in [0.15, 0.2) is 0 Å². The first kappa shape index (κ1) is 22.0. The van der Waals surface area contributed by atoms with Crippen LogP contribution in [0.1, 0.15) is 0 Å². The van der Waals surface area contributed by atoms with E-state index in [9.17, 15) is 0 Å². The number of hydrogen-bond donors (Lipinski definition) is 0. The van der Waals surface area contributed by atoms with Gasteiger partial charge >= 0.3 is 0 Å². The largest absolute Gasteiger partial charge is 0.300 e. The lowest BCUT2D eigenvalue weighted by Gasteiger charge is -2.16. The molecule has 0 bridgehead atoms. The SMILES string of the molecule is c1ccc(-c2ncc(-c3ccc(-c4nccn4-c4ccccc4)c4ccccc34)n2-c2ccccc2)cc1. The second-order valence-corrected chi connectivity index (χ2v) is 9.17. The molecule has 0 saturated carbocycles. The van der Waals surface area contributed by atoms with Gasteiger partial charge in [0.25, 0.3) is 0 Å². The van der Waals surface area contributed by atoms with Gasteiger partial charge in [-0.25, -0.2) is 9.97 Å². The quantitative estimate of drug-likeness (QED) is 0.245. The summed E-state index contributed by atoms with van der Waals surface area (Å²) in [6.45, 7) is 0. The van der Waals surface area contributed by atoms with Crippen LogP contribution in [-0.2, 0) is 0 Å². The highest BCUT2D eigenvalue weighted by molar-refractivity contribution is 6.04. The van der Waals surface area contributed by atoms with Crippen LogP contribution in [0.5, 0.6) is 0 Å². The molecular weight excluding hydrogens is 464 g/mol. The number of rotatable bonds is 5. The molecule has 2 aromatic heterocycles. The average Bonchev–Trinajstić information content (AvgIpc) is 3.66.